The minimum atomic E-state index is -1.27. The third-order valence-electron chi connectivity index (χ3n) is 8.07. The molecule has 202 valence electrons. The minimum Gasteiger partial charge on any atom is -0.457 e. The fourth-order valence-electron chi connectivity index (χ4n) is 5.19. The largest absolute Gasteiger partial charge is 0.457 e. The number of epoxide rings is 1. The molecule has 2 aliphatic heterocycles. The quantitative estimate of drug-likeness (QED) is 0.406. The summed E-state index contributed by atoms with van der Waals surface area (Å²) in [4.78, 5) is 30.7. The first-order valence-corrected chi connectivity index (χ1v) is 13.7. The highest BCUT2D eigenvalue weighted by Crippen LogP contribution is 2.45. The van der Waals surface area contributed by atoms with Gasteiger partial charge in [0.15, 0.2) is 0 Å². The van der Waals surface area contributed by atoms with Gasteiger partial charge in [-0.25, -0.2) is 4.98 Å². The average Bonchev–Trinajstić information content (AvgIpc) is 3.30. The molecule has 3 heterocycles. The Balaban J connectivity index is 1.88. The molecule has 1 aromatic heterocycles. The first kappa shape index (κ1) is 28.9. The van der Waals surface area contributed by atoms with Crippen LogP contribution < -0.4 is 5.73 Å². The van der Waals surface area contributed by atoms with Gasteiger partial charge in [0.25, 0.3) is 0 Å². The summed E-state index contributed by atoms with van der Waals surface area (Å²) < 4.78 is 12.0. The maximum Gasteiger partial charge on any atom is 0.308 e. The van der Waals surface area contributed by atoms with E-state index in [0.29, 0.717) is 12.8 Å². The zero-order chi connectivity index (χ0) is 27.0. The number of ether oxygens (including phenoxy) is 2. The number of hydrogen-bond acceptors (Lipinski definition) is 9. The molecule has 8 unspecified atom stereocenters. The lowest BCUT2D eigenvalue weighted by molar-refractivity contribution is -0.157. The number of nitrogens with two attached hydrogens (primary N) is 1. The number of carbonyl (C=O) groups excluding carboxylic acids is 2. The van der Waals surface area contributed by atoms with Crippen LogP contribution in [0.15, 0.2) is 11.0 Å². The molecule has 0 bridgehead atoms. The zero-order valence-electron chi connectivity index (χ0n) is 22.5. The summed E-state index contributed by atoms with van der Waals surface area (Å²) in [7, 11) is 0. The number of aromatic nitrogens is 1. The number of esters is 1. The van der Waals surface area contributed by atoms with Crippen LogP contribution in [0.3, 0.4) is 0 Å². The number of aryl methyl sites for hydroxylation is 1. The van der Waals surface area contributed by atoms with E-state index < -0.39 is 53.4 Å². The van der Waals surface area contributed by atoms with E-state index in [4.69, 9.17) is 15.2 Å². The zero-order valence-corrected chi connectivity index (χ0v) is 23.3. The molecule has 36 heavy (non-hydrogen) atoms. The number of thiazole rings is 1. The number of ketones is 1. The van der Waals surface area contributed by atoms with Crippen molar-refractivity contribution < 1.29 is 29.3 Å². The molecule has 0 aromatic carbocycles. The lowest BCUT2D eigenvalue weighted by Crippen LogP contribution is -2.47. The molecular formula is C27H42N2O6S. The first-order chi connectivity index (χ1) is 16.7. The Morgan fingerprint density at radius 1 is 1.28 bits per heavy atom. The Bertz CT molecular complexity index is 991. The van der Waals surface area contributed by atoms with Crippen LogP contribution in [-0.2, 0) is 19.1 Å². The SMILES string of the molecule is C/C(=C\c1csc(C)n1)C(N)C1OC(=O)CC(O)C(C)(C)C(=O)C(C)C(O)C(C)CCCC2(C)OC12. The molecular weight excluding hydrogens is 480 g/mol. The van der Waals surface area contributed by atoms with E-state index in [-0.39, 0.29) is 18.1 Å². The van der Waals surface area contributed by atoms with Crippen LogP contribution >= 0.6 is 11.3 Å². The molecule has 0 spiro atoms. The van der Waals surface area contributed by atoms with Crippen molar-refractivity contribution >= 4 is 29.2 Å². The number of carbonyl (C=O) groups is 2. The molecule has 0 radical (unpaired) electrons. The van der Waals surface area contributed by atoms with Crippen LogP contribution in [0.1, 0.15) is 77.9 Å². The molecule has 2 aliphatic rings. The summed E-state index contributed by atoms with van der Waals surface area (Å²) in [5.74, 6) is -1.70. The van der Waals surface area contributed by atoms with Gasteiger partial charge >= 0.3 is 5.97 Å². The summed E-state index contributed by atoms with van der Waals surface area (Å²) in [5, 5.41) is 24.6. The second-order valence-corrected chi connectivity index (χ2v) is 12.5. The molecule has 2 saturated heterocycles. The molecule has 0 aliphatic carbocycles. The Labute approximate surface area is 218 Å². The van der Waals surface area contributed by atoms with Crippen molar-refractivity contribution in [1.29, 1.82) is 0 Å². The molecule has 0 amide bonds. The Morgan fingerprint density at radius 3 is 2.56 bits per heavy atom. The third-order valence-corrected chi connectivity index (χ3v) is 8.86. The van der Waals surface area contributed by atoms with Crippen LogP contribution in [0.4, 0.5) is 0 Å². The van der Waals surface area contributed by atoms with E-state index in [2.05, 4.69) is 4.98 Å². The van der Waals surface area contributed by atoms with E-state index >= 15 is 0 Å². The van der Waals surface area contributed by atoms with Gasteiger partial charge in [-0.05, 0) is 45.6 Å². The molecule has 8 atom stereocenters. The maximum atomic E-state index is 13.2. The standard InChI is InChI=1S/C27H42N2O6S/c1-14-9-8-10-27(7)25(35-27)23(21(28)15(2)11-18-13-36-17(4)29-18)34-20(31)12-19(30)26(5,6)24(33)16(3)22(14)32/h11,13-14,16,19,21-23,25,30,32H,8-10,12,28H2,1-7H3/b15-11+. The Morgan fingerprint density at radius 2 is 1.94 bits per heavy atom. The maximum absolute atomic E-state index is 13.2. The van der Waals surface area contributed by atoms with Gasteiger partial charge in [-0.15, -0.1) is 11.3 Å². The molecule has 3 rings (SSSR count). The van der Waals surface area contributed by atoms with Crippen molar-refractivity contribution in [3.63, 3.8) is 0 Å². The highest BCUT2D eigenvalue weighted by Gasteiger charge is 2.59. The van der Waals surface area contributed by atoms with Gasteiger partial charge in [0.05, 0.1) is 46.4 Å². The smallest absolute Gasteiger partial charge is 0.308 e. The number of cyclic esters (lactones) is 1. The molecule has 1 aromatic rings. The van der Waals surface area contributed by atoms with Gasteiger partial charge in [0.2, 0.25) is 0 Å². The topological polar surface area (TPSA) is 135 Å². The summed E-state index contributed by atoms with van der Waals surface area (Å²) in [5.41, 5.74) is 6.47. The lowest BCUT2D eigenvalue weighted by atomic mass is 9.73. The number of fused-ring (bicyclic) bond motifs is 1. The number of aliphatic hydroxyl groups is 2. The predicted molar refractivity (Wildman–Crippen MR) is 139 cm³/mol. The van der Waals surface area contributed by atoms with Gasteiger partial charge in [-0.3, -0.25) is 9.59 Å². The predicted octanol–water partition coefficient (Wildman–Crippen LogP) is 3.41. The summed E-state index contributed by atoms with van der Waals surface area (Å²) in [6.07, 6.45) is 0.464. The van der Waals surface area contributed by atoms with Gasteiger partial charge in [-0.2, -0.15) is 0 Å². The number of Topliss-reactive ketones (excluding diaryl/α,β-unsaturated/α-hetero) is 1. The average molecular weight is 523 g/mol. The number of aliphatic hydroxyl groups excluding tert-OH is 2. The third kappa shape index (κ3) is 6.25. The van der Waals surface area contributed by atoms with E-state index in [1.807, 2.05) is 39.2 Å². The van der Waals surface area contributed by atoms with Crippen LogP contribution in [0.5, 0.6) is 0 Å². The van der Waals surface area contributed by atoms with E-state index in [1.54, 1.807) is 32.1 Å². The first-order valence-electron chi connectivity index (χ1n) is 12.8. The minimum absolute atomic E-state index is 0.106. The van der Waals surface area contributed by atoms with Crippen LogP contribution in [0, 0.1) is 24.2 Å². The highest BCUT2D eigenvalue weighted by atomic mass is 32.1. The van der Waals surface area contributed by atoms with Gasteiger partial charge < -0.3 is 25.4 Å². The summed E-state index contributed by atoms with van der Waals surface area (Å²) >= 11 is 1.54. The van der Waals surface area contributed by atoms with Gasteiger partial charge in [0.1, 0.15) is 18.0 Å². The number of rotatable bonds is 3. The second kappa shape index (κ2) is 11.0. The van der Waals surface area contributed by atoms with Crippen molar-refractivity contribution in [2.75, 3.05) is 0 Å². The van der Waals surface area contributed by atoms with Crippen molar-refractivity contribution in [1.82, 2.24) is 4.98 Å². The second-order valence-electron chi connectivity index (χ2n) is 11.5. The van der Waals surface area contributed by atoms with Crippen LogP contribution in [0.2, 0.25) is 0 Å². The fourth-order valence-corrected chi connectivity index (χ4v) is 5.76. The Hall–Kier alpha value is -1.65. The van der Waals surface area contributed by atoms with Gasteiger partial charge in [0, 0.05) is 11.3 Å². The van der Waals surface area contributed by atoms with Crippen LogP contribution in [0.25, 0.3) is 6.08 Å². The molecule has 0 saturated carbocycles. The van der Waals surface area contributed by atoms with Crippen molar-refractivity contribution in [2.45, 2.75) is 110 Å². The summed E-state index contributed by atoms with van der Waals surface area (Å²) in [6.45, 7) is 12.6. The molecule has 2 fully saturated rings. The van der Waals surface area contributed by atoms with Crippen molar-refractivity contribution in [3.05, 3.63) is 21.7 Å². The number of hydrogen-bond donors (Lipinski definition) is 3. The highest BCUT2D eigenvalue weighted by molar-refractivity contribution is 7.09. The lowest BCUT2D eigenvalue weighted by Gasteiger charge is -2.34. The van der Waals surface area contributed by atoms with E-state index in [9.17, 15) is 19.8 Å². The van der Waals surface area contributed by atoms with Crippen molar-refractivity contribution in [3.8, 4) is 0 Å². The number of nitrogens with zero attached hydrogens (tertiary/aromatic N) is 1. The van der Waals surface area contributed by atoms with Crippen molar-refractivity contribution in [2.24, 2.45) is 23.0 Å². The normalized spacial score (nSPS) is 37.3. The van der Waals surface area contributed by atoms with E-state index in [1.165, 1.54) is 0 Å². The van der Waals surface area contributed by atoms with Gasteiger partial charge in [-0.1, -0.05) is 39.7 Å². The molecule has 4 N–H and O–H groups in total. The monoisotopic (exact) mass is 522 g/mol. The summed E-state index contributed by atoms with van der Waals surface area (Å²) in [6, 6.07) is -0.633. The van der Waals surface area contributed by atoms with E-state index in [0.717, 1.165) is 22.7 Å². The fraction of sp³-hybridized carbons (Fsp3) is 0.741. The van der Waals surface area contributed by atoms with Crippen LogP contribution in [-0.4, -0.2) is 63.0 Å². The Kier molecular flexibility index (Phi) is 8.83. The molecule has 9 heteroatoms. The molecule has 8 nitrogen and oxygen atoms in total.